The molecule has 0 aromatic rings. The van der Waals surface area contributed by atoms with Gasteiger partial charge in [-0.3, -0.25) is 9.59 Å². The third kappa shape index (κ3) is 2.43. The normalized spacial score (nSPS) is 45.9. The number of allylic oxidation sites excluding steroid dienone is 4. The number of carbonyl (C=O) groups excluding carboxylic acids is 2. The lowest BCUT2D eigenvalue weighted by atomic mass is 9.49. The van der Waals surface area contributed by atoms with Gasteiger partial charge in [0.25, 0.3) is 0 Å². The van der Waals surface area contributed by atoms with E-state index in [1.54, 1.807) is 0 Å². The summed E-state index contributed by atoms with van der Waals surface area (Å²) in [6.07, 6.45) is 12.4. The van der Waals surface area contributed by atoms with Crippen molar-refractivity contribution in [2.24, 2.45) is 40.4 Å². The molecule has 0 bridgehead atoms. The summed E-state index contributed by atoms with van der Waals surface area (Å²) in [4.78, 5) is 25.1. The van der Waals surface area contributed by atoms with E-state index in [1.165, 1.54) is 5.57 Å². The number of rotatable bonds is 2. The summed E-state index contributed by atoms with van der Waals surface area (Å²) in [6.45, 7) is 9.09. The van der Waals surface area contributed by atoms with Gasteiger partial charge >= 0.3 is 0 Å². The van der Waals surface area contributed by atoms with Gasteiger partial charge in [0.1, 0.15) is 5.78 Å². The van der Waals surface area contributed by atoms with Gasteiger partial charge in [-0.05, 0) is 72.8 Å². The average molecular weight is 341 g/mol. The quantitative estimate of drug-likeness (QED) is 0.698. The molecule has 136 valence electrons. The molecule has 2 saturated carbocycles. The highest BCUT2D eigenvalue weighted by Gasteiger charge is 2.60. The van der Waals surface area contributed by atoms with Crippen LogP contribution < -0.4 is 0 Å². The molecule has 0 saturated heterocycles. The fourth-order valence-corrected chi connectivity index (χ4v) is 6.72. The van der Waals surface area contributed by atoms with E-state index in [4.69, 9.17) is 0 Å². The van der Waals surface area contributed by atoms with E-state index in [9.17, 15) is 9.59 Å². The molecule has 0 aromatic heterocycles. The number of Topliss-reactive ketones (excluding diaryl/α,β-unsaturated/α-hetero) is 1. The molecular formula is C23H32O2. The Morgan fingerprint density at radius 3 is 2.60 bits per heavy atom. The molecule has 2 nitrogen and oxygen atoms in total. The molecule has 6 unspecified atom stereocenters. The Hall–Kier alpha value is -1.18. The van der Waals surface area contributed by atoms with Gasteiger partial charge in [-0.25, -0.2) is 0 Å². The summed E-state index contributed by atoms with van der Waals surface area (Å²) in [7, 11) is 0. The van der Waals surface area contributed by atoms with Crippen LogP contribution in [0.4, 0.5) is 0 Å². The number of fused-ring (bicyclic) bond motifs is 5. The van der Waals surface area contributed by atoms with E-state index < -0.39 is 0 Å². The number of hydrogen-bond donors (Lipinski definition) is 0. The smallest absolute Gasteiger partial charge is 0.156 e. The standard InChI is InChI=1S/C23H32O2/c1-14(2)11-15-12-20-18-6-5-16-13-17(24)7-9-22(16,3)19(18)8-10-23(20,4)21(15)25/h5-6,13-15,18-20H,7-12H2,1-4H3. The van der Waals surface area contributed by atoms with Crippen LogP contribution in [0.3, 0.4) is 0 Å². The van der Waals surface area contributed by atoms with Gasteiger partial charge in [-0.1, -0.05) is 39.8 Å². The summed E-state index contributed by atoms with van der Waals surface area (Å²) in [5.74, 6) is 3.28. The molecule has 2 fully saturated rings. The molecule has 0 amide bonds. The van der Waals surface area contributed by atoms with Crippen LogP contribution in [0.2, 0.25) is 0 Å². The van der Waals surface area contributed by atoms with Gasteiger partial charge in [0.15, 0.2) is 5.78 Å². The molecule has 4 aliphatic carbocycles. The molecule has 4 aliphatic rings. The predicted molar refractivity (Wildman–Crippen MR) is 100.0 cm³/mol. The van der Waals surface area contributed by atoms with Gasteiger partial charge in [0.05, 0.1) is 0 Å². The van der Waals surface area contributed by atoms with E-state index in [1.807, 2.05) is 6.08 Å². The third-order valence-corrected chi connectivity index (χ3v) is 8.13. The van der Waals surface area contributed by atoms with Crippen LogP contribution in [0.25, 0.3) is 0 Å². The molecule has 25 heavy (non-hydrogen) atoms. The van der Waals surface area contributed by atoms with Crippen molar-refractivity contribution >= 4 is 11.6 Å². The first-order chi connectivity index (χ1) is 11.8. The number of carbonyl (C=O) groups is 2. The van der Waals surface area contributed by atoms with Crippen LogP contribution in [-0.4, -0.2) is 11.6 Å². The molecule has 4 rings (SSSR count). The van der Waals surface area contributed by atoms with Crippen molar-refractivity contribution in [1.29, 1.82) is 0 Å². The van der Waals surface area contributed by atoms with Crippen LogP contribution in [0.5, 0.6) is 0 Å². The molecule has 6 atom stereocenters. The largest absolute Gasteiger partial charge is 0.299 e. The molecular weight excluding hydrogens is 308 g/mol. The van der Waals surface area contributed by atoms with Crippen LogP contribution in [0, 0.1) is 40.4 Å². The van der Waals surface area contributed by atoms with Crippen molar-refractivity contribution in [3.8, 4) is 0 Å². The summed E-state index contributed by atoms with van der Waals surface area (Å²) >= 11 is 0. The first-order valence-electron chi connectivity index (χ1n) is 10.2. The van der Waals surface area contributed by atoms with Crippen molar-refractivity contribution in [2.75, 3.05) is 0 Å². The number of hydrogen-bond acceptors (Lipinski definition) is 2. The Labute approximate surface area is 152 Å². The van der Waals surface area contributed by atoms with Crippen LogP contribution in [0.1, 0.15) is 66.2 Å². The van der Waals surface area contributed by atoms with E-state index in [0.29, 0.717) is 35.9 Å². The maximum absolute atomic E-state index is 13.2. The van der Waals surface area contributed by atoms with Crippen molar-refractivity contribution in [1.82, 2.24) is 0 Å². The highest BCUT2D eigenvalue weighted by Crippen LogP contribution is 2.63. The topological polar surface area (TPSA) is 34.1 Å². The minimum atomic E-state index is -0.118. The predicted octanol–water partition coefficient (Wildman–Crippen LogP) is 5.14. The van der Waals surface area contributed by atoms with Gasteiger partial charge < -0.3 is 0 Å². The fraction of sp³-hybridized carbons (Fsp3) is 0.739. The van der Waals surface area contributed by atoms with Crippen molar-refractivity contribution in [3.63, 3.8) is 0 Å². The Bertz CT molecular complexity index is 670. The lowest BCUT2D eigenvalue weighted by molar-refractivity contribution is -0.133. The molecule has 0 spiro atoms. The number of ketones is 2. The second-order valence-electron chi connectivity index (χ2n) is 10.0. The zero-order valence-corrected chi connectivity index (χ0v) is 16.2. The summed E-state index contributed by atoms with van der Waals surface area (Å²) in [6, 6.07) is 0. The van der Waals surface area contributed by atoms with Crippen molar-refractivity contribution in [3.05, 3.63) is 23.8 Å². The minimum Gasteiger partial charge on any atom is -0.299 e. The lowest BCUT2D eigenvalue weighted by Crippen LogP contribution is -2.49. The summed E-state index contributed by atoms with van der Waals surface area (Å²) < 4.78 is 0. The Kier molecular flexibility index (Phi) is 3.90. The molecule has 0 N–H and O–H groups in total. The van der Waals surface area contributed by atoms with Crippen molar-refractivity contribution in [2.45, 2.75) is 66.2 Å². The third-order valence-electron chi connectivity index (χ3n) is 8.13. The van der Waals surface area contributed by atoms with Gasteiger partial charge in [-0.2, -0.15) is 0 Å². The molecule has 0 aliphatic heterocycles. The lowest BCUT2D eigenvalue weighted by Gasteiger charge is -2.54. The zero-order valence-electron chi connectivity index (χ0n) is 16.2. The average Bonchev–Trinajstić information content (AvgIpc) is 2.79. The zero-order chi connectivity index (χ0) is 18.0. The maximum Gasteiger partial charge on any atom is 0.156 e. The summed E-state index contributed by atoms with van der Waals surface area (Å²) in [5, 5.41) is 0. The monoisotopic (exact) mass is 340 g/mol. The van der Waals surface area contributed by atoms with E-state index >= 15 is 0 Å². The van der Waals surface area contributed by atoms with E-state index in [0.717, 1.165) is 32.1 Å². The fourth-order valence-electron chi connectivity index (χ4n) is 6.72. The first-order valence-corrected chi connectivity index (χ1v) is 10.2. The Morgan fingerprint density at radius 2 is 1.88 bits per heavy atom. The minimum absolute atomic E-state index is 0.118. The molecule has 2 heteroatoms. The van der Waals surface area contributed by atoms with Crippen LogP contribution >= 0.6 is 0 Å². The summed E-state index contributed by atoms with van der Waals surface area (Å²) in [5.41, 5.74) is 1.26. The molecule has 0 heterocycles. The van der Waals surface area contributed by atoms with Gasteiger partial charge in [-0.15, -0.1) is 0 Å². The van der Waals surface area contributed by atoms with Gasteiger partial charge in [0.2, 0.25) is 0 Å². The Morgan fingerprint density at radius 1 is 1.12 bits per heavy atom. The van der Waals surface area contributed by atoms with Crippen molar-refractivity contribution < 1.29 is 9.59 Å². The second kappa shape index (κ2) is 5.66. The second-order valence-corrected chi connectivity index (χ2v) is 10.0. The highest BCUT2D eigenvalue weighted by atomic mass is 16.1. The van der Waals surface area contributed by atoms with Crippen LogP contribution in [0.15, 0.2) is 23.8 Å². The maximum atomic E-state index is 13.2. The first kappa shape index (κ1) is 17.2. The highest BCUT2D eigenvalue weighted by molar-refractivity contribution is 5.92. The SMILES string of the molecule is CC(C)CC1CC2C3C=CC4=CC(=O)CCC4(C)C3CCC2(C)C1=O. The van der Waals surface area contributed by atoms with E-state index in [2.05, 4.69) is 39.8 Å². The van der Waals surface area contributed by atoms with Gasteiger partial charge in [0, 0.05) is 17.8 Å². The Balaban J connectivity index is 1.69. The van der Waals surface area contributed by atoms with E-state index in [-0.39, 0.29) is 22.5 Å². The molecule has 0 aromatic carbocycles. The van der Waals surface area contributed by atoms with Crippen LogP contribution in [-0.2, 0) is 9.59 Å². The molecule has 0 radical (unpaired) electrons.